The molecule has 1 heterocycles. The largest absolute Gasteiger partial charge is 1.00 e. The predicted molar refractivity (Wildman–Crippen MR) is 88.1 cm³/mol. The van der Waals surface area contributed by atoms with Gasteiger partial charge in [-0.15, -0.1) is 0 Å². The Bertz CT molecular complexity index is 894. The molecule has 0 aliphatic heterocycles. The number of methoxy groups -OCH3 is 2. The van der Waals surface area contributed by atoms with Crippen LogP contribution in [0.4, 0.5) is 26.3 Å². The molecule has 0 aromatic carbocycles. The number of rotatable bonds is 3. The summed E-state index contributed by atoms with van der Waals surface area (Å²) in [4.78, 5) is 24.9. The number of ether oxygens (including phenoxy) is 2. The summed E-state index contributed by atoms with van der Waals surface area (Å²) in [5.74, 6) is -4.01. The number of alkyl halides is 6. The van der Waals surface area contributed by atoms with E-state index < -0.39 is 41.3 Å². The molecule has 0 unspecified atom stereocenters. The van der Waals surface area contributed by atoms with Crippen molar-refractivity contribution in [3.63, 3.8) is 0 Å². The summed E-state index contributed by atoms with van der Waals surface area (Å²) in [5, 5.41) is 18.6. The maximum Gasteiger partial charge on any atom is 1.00 e. The van der Waals surface area contributed by atoms with Gasteiger partial charge in [-0.3, -0.25) is 0 Å². The molecule has 7 nitrogen and oxygen atoms in total. The molecule has 1 aromatic heterocycles. The standard InChI is InChI=1S/C8H5BrF3NO2.C8H6F3NO3.K/c1-15-7(14)4-2-3-5(8(10,11)12)13-6(4)9;1-15-7(14)5(4-12)2-3-6(13)8(9,10)11;/h2-3H,1H3;2-3,13H,1H3;/q;;+1/p-1. The molecule has 1 rings (SSSR count). The average molecular weight is 543 g/mol. The molecule has 0 aliphatic rings. The summed E-state index contributed by atoms with van der Waals surface area (Å²) in [6.07, 6.45) is -9.00. The summed E-state index contributed by atoms with van der Waals surface area (Å²) in [6, 6.07) is 3.02. The molecule has 0 radical (unpaired) electrons. The van der Waals surface area contributed by atoms with Crippen molar-refractivity contribution < 1.29 is 102 Å². The first kappa shape index (κ1) is 31.7. The van der Waals surface area contributed by atoms with Gasteiger partial charge in [-0.1, -0.05) is 6.08 Å². The molecular weight excluding hydrogens is 533 g/mol. The van der Waals surface area contributed by atoms with Crippen LogP contribution < -0.4 is 56.5 Å². The van der Waals surface area contributed by atoms with Crippen molar-refractivity contribution in [2.24, 2.45) is 0 Å². The summed E-state index contributed by atoms with van der Waals surface area (Å²) in [5.41, 5.74) is -1.80. The van der Waals surface area contributed by atoms with Crippen LogP contribution in [0.5, 0.6) is 0 Å². The van der Waals surface area contributed by atoms with Crippen molar-refractivity contribution >= 4 is 27.9 Å². The van der Waals surface area contributed by atoms with Crippen LogP contribution in [0.3, 0.4) is 0 Å². The number of nitriles is 1. The Kier molecular flexibility index (Phi) is 14.2. The van der Waals surface area contributed by atoms with Crippen LogP contribution in [-0.2, 0) is 20.4 Å². The minimum Gasteiger partial charge on any atom is -0.869 e. The molecular formula is C16H10BrF6KN2O5. The van der Waals surface area contributed by atoms with E-state index in [1.54, 1.807) is 0 Å². The zero-order valence-electron chi connectivity index (χ0n) is 15.9. The van der Waals surface area contributed by atoms with Gasteiger partial charge >= 0.3 is 75.7 Å². The van der Waals surface area contributed by atoms with Crippen LogP contribution in [0.2, 0.25) is 0 Å². The minimum absolute atomic E-state index is 0. The first-order chi connectivity index (χ1) is 13.7. The van der Waals surface area contributed by atoms with E-state index in [9.17, 15) is 41.0 Å². The van der Waals surface area contributed by atoms with Crippen molar-refractivity contribution in [2.75, 3.05) is 14.2 Å². The van der Waals surface area contributed by atoms with Crippen molar-refractivity contribution in [3.8, 4) is 6.07 Å². The van der Waals surface area contributed by atoms with Gasteiger partial charge in [-0.2, -0.15) is 31.6 Å². The number of pyridine rings is 1. The number of hydrogen-bond acceptors (Lipinski definition) is 7. The van der Waals surface area contributed by atoms with Crippen LogP contribution >= 0.6 is 15.9 Å². The fraction of sp³-hybridized carbons (Fsp3) is 0.250. The van der Waals surface area contributed by atoms with E-state index in [0.29, 0.717) is 6.08 Å². The number of nitrogens with zero attached hydrogens (tertiary/aromatic N) is 2. The van der Waals surface area contributed by atoms with E-state index in [4.69, 9.17) is 5.26 Å². The zero-order chi connectivity index (χ0) is 23.7. The van der Waals surface area contributed by atoms with Gasteiger partial charge in [-0.05, 0) is 39.9 Å². The maximum absolute atomic E-state index is 12.2. The molecule has 0 saturated heterocycles. The van der Waals surface area contributed by atoms with Gasteiger partial charge in [0.05, 0.1) is 19.8 Å². The summed E-state index contributed by atoms with van der Waals surface area (Å²) >= 11 is 2.77. The Morgan fingerprint density at radius 2 is 1.68 bits per heavy atom. The molecule has 164 valence electrons. The molecule has 0 amide bonds. The number of carbonyl (C=O) groups excluding carboxylic acids is 2. The fourth-order valence-corrected chi connectivity index (χ4v) is 1.85. The molecule has 0 bridgehead atoms. The van der Waals surface area contributed by atoms with Crippen LogP contribution in [0, 0.1) is 11.3 Å². The van der Waals surface area contributed by atoms with Crippen molar-refractivity contribution in [3.05, 3.63) is 51.5 Å². The number of halogens is 7. The first-order valence-electron chi connectivity index (χ1n) is 7.15. The first-order valence-corrected chi connectivity index (χ1v) is 7.95. The summed E-state index contributed by atoms with van der Waals surface area (Å²) in [7, 11) is 2.09. The maximum atomic E-state index is 12.2. The number of aromatic nitrogens is 1. The van der Waals surface area contributed by atoms with Crippen LogP contribution in [0.15, 0.2) is 40.2 Å². The number of carbonyl (C=O) groups is 2. The second-order valence-corrected chi connectivity index (χ2v) is 5.49. The quantitative estimate of drug-likeness (QED) is 0.0776. The van der Waals surface area contributed by atoms with Gasteiger partial charge in [0.2, 0.25) is 0 Å². The van der Waals surface area contributed by atoms with Crippen LogP contribution in [0.25, 0.3) is 0 Å². The van der Waals surface area contributed by atoms with E-state index >= 15 is 0 Å². The molecule has 0 atom stereocenters. The molecule has 0 aliphatic carbocycles. The average Bonchev–Trinajstić information content (AvgIpc) is 2.66. The van der Waals surface area contributed by atoms with Gasteiger partial charge in [0.15, 0.2) is 0 Å². The fourth-order valence-electron chi connectivity index (χ4n) is 1.37. The minimum atomic E-state index is -5.02. The molecule has 0 saturated carbocycles. The van der Waals surface area contributed by atoms with E-state index in [1.807, 2.05) is 0 Å². The number of esters is 2. The third-order valence-electron chi connectivity index (χ3n) is 2.75. The monoisotopic (exact) mass is 542 g/mol. The molecule has 0 N–H and O–H groups in total. The normalized spacial score (nSPS) is 11.9. The van der Waals surface area contributed by atoms with E-state index in [-0.39, 0.29) is 67.6 Å². The van der Waals surface area contributed by atoms with Gasteiger partial charge in [0, 0.05) is 0 Å². The number of allylic oxidation sites excluding steroid dienone is 3. The van der Waals surface area contributed by atoms with Gasteiger partial charge in [-0.25, -0.2) is 14.6 Å². The van der Waals surface area contributed by atoms with Crippen LogP contribution in [-0.4, -0.2) is 37.3 Å². The Morgan fingerprint density at radius 3 is 2.03 bits per heavy atom. The topological polar surface area (TPSA) is 112 Å². The van der Waals surface area contributed by atoms with E-state index in [2.05, 4.69) is 30.4 Å². The zero-order valence-corrected chi connectivity index (χ0v) is 20.6. The molecule has 1 aromatic rings. The Hall–Kier alpha value is -1.44. The smallest absolute Gasteiger partial charge is 0.869 e. The van der Waals surface area contributed by atoms with Crippen molar-refractivity contribution in [1.82, 2.24) is 4.98 Å². The van der Waals surface area contributed by atoms with Gasteiger partial charge in [0.1, 0.15) is 21.9 Å². The summed E-state index contributed by atoms with van der Waals surface area (Å²) < 4.78 is 79.8. The van der Waals surface area contributed by atoms with Crippen LogP contribution in [0.1, 0.15) is 16.1 Å². The van der Waals surface area contributed by atoms with E-state index in [1.165, 1.54) is 6.07 Å². The second kappa shape index (κ2) is 13.9. The van der Waals surface area contributed by atoms with Gasteiger partial charge < -0.3 is 14.6 Å². The van der Waals surface area contributed by atoms with Crippen molar-refractivity contribution in [1.29, 1.82) is 5.26 Å². The van der Waals surface area contributed by atoms with Crippen molar-refractivity contribution in [2.45, 2.75) is 12.4 Å². The molecule has 0 fully saturated rings. The molecule has 15 heteroatoms. The molecule has 31 heavy (non-hydrogen) atoms. The van der Waals surface area contributed by atoms with Gasteiger partial charge in [0.25, 0.3) is 0 Å². The van der Waals surface area contributed by atoms with E-state index in [0.717, 1.165) is 26.4 Å². The predicted octanol–water partition coefficient (Wildman–Crippen LogP) is 0.0694. The molecule has 0 spiro atoms. The Morgan fingerprint density at radius 1 is 1.13 bits per heavy atom. The third kappa shape index (κ3) is 11.1. The second-order valence-electron chi connectivity index (χ2n) is 4.74. The SMILES string of the molecule is COC(=O)C(C#N)=CC=C([O-])C(F)(F)F.COC(=O)c1ccc(C(F)(F)F)nc1Br.[K+]. The Balaban J connectivity index is 0. The number of hydrogen-bond donors (Lipinski definition) is 0. The Labute approximate surface area is 222 Å². The third-order valence-corrected chi connectivity index (χ3v) is 3.36. The summed E-state index contributed by atoms with van der Waals surface area (Å²) in [6.45, 7) is 0.